The Morgan fingerprint density at radius 2 is 2.24 bits per heavy atom. The number of aliphatic hydroxyl groups is 1. The van der Waals surface area contributed by atoms with E-state index in [0.717, 1.165) is 12.8 Å². The third-order valence-electron chi connectivity index (χ3n) is 3.86. The predicted molar refractivity (Wildman–Crippen MR) is 81.6 cm³/mol. The highest BCUT2D eigenvalue weighted by Crippen LogP contribution is 2.33. The molecule has 21 heavy (non-hydrogen) atoms. The minimum atomic E-state index is -0.478. The molecule has 3 rings (SSSR count). The van der Waals surface area contributed by atoms with Crippen LogP contribution in [-0.4, -0.2) is 40.6 Å². The van der Waals surface area contributed by atoms with Gasteiger partial charge in [-0.3, -0.25) is 4.79 Å². The van der Waals surface area contributed by atoms with Gasteiger partial charge in [0.05, 0.1) is 11.6 Å². The molecule has 1 saturated carbocycles. The number of H-pyrrole nitrogens is 1. The third-order valence-corrected chi connectivity index (χ3v) is 4.31. The van der Waals surface area contributed by atoms with Crippen molar-refractivity contribution in [2.45, 2.75) is 18.9 Å². The molecule has 0 aliphatic heterocycles. The number of halogens is 2. The van der Waals surface area contributed by atoms with Crippen molar-refractivity contribution >= 4 is 32.7 Å². The van der Waals surface area contributed by atoms with Crippen molar-refractivity contribution in [2.75, 3.05) is 13.6 Å². The van der Waals surface area contributed by atoms with Crippen LogP contribution in [0.25, 0.3) is 10.9 Å². The standard InChI is InChI=1S/C15H16BrFN2O2/c1-19(7-14(20)8-2-3-8)15(21)13-6-10-11(17)4-9(16)5-12(10)18-13/h4-6,8,14,18,20H,2-3,7H2,1H3. The van der Waals surface area contributed by atoms with E-state index in [1.165, 1.54) is 17.0 Å². The van der Waals surface area contributed by atoms with Gasteiger partial charge in [-0.15, -0.1) is 0 Å². The van der Waals surface area contributed by atoms with Gasteiger partial charge in [-0.25, -0.2) is 4.39 Å². The second kappa shape index (κ2) is 5.42. The van der Waals surface area contributed by atoms with Crippen molar-refractivity contribution in [3.63, 3.8) is 0 Å². The fraction of sp³-hybridized carbons (Fsp3) is 0.400. The Kier molecular flexibility index (Phi) is 3.75. The van der Waals surface area contributed by atoms with Crippen molar-refractivity contribution in [2.24, 2.45) is 5.92 Å². The number of carbonyl (C=O) groups is 1. The van der Waals surface area contributed by atoms with Crippen LogP contribution >= 0.6 is 15.9 Å². The average Bonchev–Trinajstić information content (AvgIpc) is 3.18. The maximum atomic E-state index is 13.8. The maximum Gasteiger partial charge on any atom is 0.270 e. The first-order chi connectivity index (χ1) is 9.95. The van der Waals surface area contributed by atoms with Gasteiger partial charge < -0.3 is 15.0 Å². The minimum Gasteiger partial charge on any atom is -0.391 e. The summed E-state index contributed by atoms with van der Waals surface area (Å²) in [6.45, 7) is 0.297. The van der Waals surface area contributed by atoms with Gasteiger partial charge in [-0.05, 0) is 37.0 Å². The number of fused-ring (bicyclic) bond motifs is 1. The van der Waals surface area contributed by atoms with Crippen molar-refractivity contribution in [3.05, 3.63) is 34.2 Å². The summed E-state index contributed by atoms with van der Waals surface area (Å²) in [5.74, 6) is -0.312. The van der Waals surface area contributed by atoms with Gasteiger partial charge in [0.1, 0.15) is 11.5 Å². The van der Waals surface area contributed by atoms with Crippen LogP contribution in [0, 0.1) is 11.7 Å². The van der Waals surface area contributed by atoms with Crippen molar-refractivity contribution < 1.29 is 14.3 Å². The molecule has 1 atom stereocenters. The Morgan fingerprint density at radius 1 is 1.52 bits per heavy atom. The van der Waals surface area contributed by atoms with Crippen LogP contribution in [-0.2, 0) is 0 Å². The molecule has 0 bridgehead atoms. The summed E-state index contributed by atoms with van der Waals surface area (Å²) in [7, 11) is 1.64. The maximum absolute atomic E-state index is 13.8. The summed E-state index contributed by atoms with van der Waals surface area (Å²) in [4.78, 5) is 16.7. The van der Waals surface area contributed by atoms with E-state index in [1.807, 2.05) is 0 Å². The summed E-state index contributed by atoms with van der Waals surface area (Å²) in [6, 6.07) is 4.61. The lowest BCUT2D eigenvalue weighted by Gasteiger charge is -2.20. The first-order valence-electron chi connectivity index (χ1n) is 6.87. The van der Waals surface area contributed by atoms with Gasteiger partial charge in [-0.2, -0.15) is 0 Å². The first-order valence-corrected chi connectivity index (χ1v) is 7.66. The van der Waals surface area contributed by atoms with Crippen molar-refractivity contribution in [1.82, 2.24) is 9.88 Å². The second-order valence-corrected chi connectivity index (χ2v) is 6.54. The summed E-state index contributed by atoms with van der Waals surface area (Å²) < 4.78 is 14.5. The zero-order valence-corrected chi connectivity index (χ0v) is 13.2. The lowest BCUT2D eigenvalue weighted by molar-refractivity contribution is 0.0641. The quantitative estimate of drug-likeness (QED) is 0.886. The van der Waals surface area contributed by atoms with E-state index < -0.39 is 6.10 Å². The van der Waals surface area contributed by atoms with Gasteiger partial charge in [0.2, 0.25) is 0 Å². The molecular formula is C15H16BrFN2O2. The third kappa shape index (κ3) is 2.96. The van der Waals surface area contributed by atoms with E-state index in [9.17, 15) is 14.3 Å². The molecule has 1 aliphatic carbocycles. The molecule has 1 unspecified atom stereocenters. The number of hydrogen-bond acceptors (Lipinski definition) is 2. The summed E-state index contributed by atoms with van der Waals surface area (Å²) in [5, 5.41) is 10.3. The van der Waals surface area contributed by atoms with Gasteiger partial charge in [0, 0.05) is 23.5 Å². The Hall–Kier alpha value is -1.40. The summed E-state index contributed by atoms with van der Waals surface area (Å²) in [6.07, 6.45) is 1.57. The van der Waals surface area contributed by atoms with E-state index in [-0.39, 0.29) is 11.7 Å². The molecule has 0 saturated heterocycles. The number of aromatic amines is 1. The number of aliphatic hydroxyl groups excluding tert-OH is 1. The van der Waals surface area contributed by atoms with Crippen molar-refractivity contribution in [1.29, 1.82) is 0 Å². The first kappa shape index (κ1) is 14.5. The monoisotopic (exact) mass is 354 g/mol. The topological polar surface area (TPSA) is 56.3 Å². The smallest absolute Gasteiger partial charge is 0.270 e. The zero-order valence-electron chi connectivity index (χ0n) is 11.6. The fourth-order valence-electron chi connectivity index (χ4n) is 2.47. The molecule has 2 N–H and O–H groups in total. The highest BCUT2D eigenvalue weighted by atomic mass is 79.9. The lowest BCUT2D eigenvalue weighted by atomic mass is 10.2. The Bertz CT molecular complexity index is 696. The van der Waals surface area contributed by atoms with E-state index in [4.69, 9.17) is 0 Å². The highest BCUT2D eigenvalue weighted by molar-refractivity contribution is 9.10. The van der Waals surface area contributed by atoms with E-state index in [0.29, 0.717) is 33.5 Å². The summed E-state index contributed by atoms with van der Waals surface area (Å²) >= 11 is 3.23. The predicted octanol–water partition coefficient (Wildman–Crippen LogP) is 2.91. The normalized spacial score (nSPS) is 16.2. The molecule has 2 aromatic rings. The van der Waals surface area contributed by atoms with E-state index in [2.05, 4.69) is 20.9 Å². The van der Waals surface area contributed by atoms with Crippen molar-refractivity contribution in [3.8, 4) is 0 Å². The van der Waals surface area contributed by atoms with Crippen LogP contribution in [0.1, 0.15) is 23.3 Å². The molecule has 112 valence electrons. The molecule has 0 spiro atoms. The van der Waals surface area contributed by atoms with Crippen LogP contribution in [0.15, 0.2) is 22.7 Å². The number of aromatic nitrogens is 1. The largest absolute Gasteiger partial charge is 0.391 e. The zero-order chi connectivity index (χ0) is 15.1. The SMILES string of the molecule is CN(CC(O)C1CC1)C(=O)c1cc2c(F)cc(Br)cc2[nH]1. The number of likely N-dealkylation sites (N-methyl/N-ethyl adjacent to an activating group) is 1. The molecule has 0 radical (unpaired) electrons. The van der Waals surface area contributed by atoms with E-state index >= 15 is 0 Å². The van der Waals surface area contributed by atoms with E-state index in [1.54, 1.807) is 13.1 Å². The highest BCUT2D eigenvalue weighted by Gasteiger charge is 2.31. The number of nitrogens with zero attached hydrogens (tertiary/aromatic N) is 1. The Morgan fingerprint density at radius 3 is 2.90 bits per heavy atom. The number of hydrogen-bond donors (Lipinski definition) is 2. The molecule has 1 fully saturated rings. The molecule has 1 heterocycles. The van der Waals surface area contributed by atoms with Gasteiger partial charge in [-0.1, -0.05) is 15.9 Å². The lowest BCUT2D eigenvalue weighted by Crippen LogP contribution is -2.35. The molecule has 6 heteroatoms. The molecule has 1 amide bonds. The number of nitrogens with one attached hydrogen (secondary N) is 1. The Labute approximate surface area is 130 Å². The van der Waals surface area contributed by atoms with Crippen LogP contribution in [0.3, 0.4) is 0 Å². The van der Waals surface area contributed by atoms with Gasteiger partial charge in [0.25, 0.3) is 5.91 Å². The average molecular weight is 355 g/mol. The van der Waals surface area contributed by atoms with Crippen LogP contribution in [0.4, 0.5) is 4.39 Å². The fourth-order valence-corrected chi connectivity index (χ4v) is 2.90. The number of carbonyl (C=O) groups excluding carboxylic acids is 1. The number of amides is 1. The second-order valence-electron chi connectivity index (χ2n) is 5.62. The van der Waals surface area contributed by atoms with Gasteiger partial charge in [0.15, 0.2) is 0 Å². The molecule has 1 aromatic carbocycles. The molecule has 4 nitrogen and oxygen atoms in total. The molecular weight excluding hydrogens is 339 g/mol. The summed E-state index contributed by atoms with van der Waals surface area (Å²) in [5.41, 5.74) is 0.897. The van der Waals surface area contributed by atoms with Crippen LogP contribution in [0.2, 0.25) is 0 Å². The van der Waals surface area contributed by atoms with Crippen LogP contribution < -0.4 is 0 Å². The molecule has 1 aliphatic rings. The van der Waals surface area contributed by atoms with Crippen LogP contribution in [0.5, 0.6) is 0 Å². The number of rotatable bonds is 4. The minimum absolute atomic E-state index is 0.249. The Balaban J connectivity index is 1.82. The molecule has 1 aromatic heterocycles. The number of benzene rings is 1. The van der Waals surface area contributed by atoms with Gasteiger partial charge >= 0.3 is 0 Å².